The first-order valence-electron chi connectivity index (χ1n) is 6.81. The van der Waals surface area contributed by atoms with Crippen LogP contribution in [0.15, 0.2) is 0 Å². The van der Waals surface area contributed by atoms with Gasteiger partial charge in [0.1, 0.15) is 13.1 Å². The van der Waals surface area contributed by atoms with Crippen molar-refractivity contribution in [3.05, 3.63) is 0 Å². The summed E-state index contributed by atoms with van der Waals surface area (Å²) in [6.07, 6.45) is -1.30. The smallest absolute Gasteiger partial charge is 0.406 e. The van der Waals surface area contributed by atoms with Gasteiger partial charge in [-0.1, -0.05) is 6.42 Å². The Morgan fingerprint density at radius 1 is 1.19 bits per heavy atom. The average molecular weight is 311 g/mol. The monoisotopic (exact) mass is 311 g/mol. The first-order chi connectivity index (χ1) is 9.78. The van der Waals surface area contributed by atoms with Crippen LogP contribution in [0.25, 0.3) is 0 Å². The van der Waals surface area contributed by atoms with E-state index in [4.69, 9.17) is 5.11 Å². The lowest BCUT2D eigenvalue weighted by molar-refractivity contribution is -0.148. The topological polar surface area (TPSA) is 72.9 Å². The molecule has 1 aliphatic heterocycles. The lowest BCUT2D eigenvalue weighted by Gasteiger charge is -2.27. The van der Waals surface area contributed by atoms with E-state index < -0.39 is 31.3 Å². The molecule has 0 unspecified atom stereocenters. The van der Waals surface area contributed by atoms with Gasteiger partial charge in [-0.2, -0.15) is 13.2 Å². The molecule has 0 radical (unpaired) electrons. The van der Waals surface area contributed by atoms with Crippen molar-refractivity contribution >= 4 is 12.0 Å². The van der Waals surface area contributed by atoms with Crippen LogP contribution in [0.1, 0.15) is 19.3 Å². The number of carboxylic acid groups (broad SMARTS) is 1. The number of nitrogens with zero attached hydrogens (tertiary/aromatic N) is 2. The van der Waals surface area contributed by atoms with Crippen LogP contribution < -0.4 is 5.32 Å². The van der Waals surface area contributed by atoms with Gasteiger partial charge in [0.25, 0.3) is 0 Å². The molecule has 0 saturated carbocycles. The number of hydrogen-bond acceptors (Lipinski definition) is 3. The van der Waals surface area contributed by atoms with E-state index in [1.165, 1.54) is 6.42 Å². The molecule has 122 valence electrons. The summed E-state index contributed by atoms with van der Waals surface area (Å²) >= 11 is 0. The van der Waals surface area contributed by atoms with Crippen molar-refractivity contribution < 1.29 is 27.9 Å². The fourth-order valence-corrected chi connectivity index (χ4v) is 2.19. The number of carboxylic acids is 1. The second kappa shape index (κ2) is 8.06. The maximum Gasteiger partial charge on any atom is 0.406 e. The number of hydrogen-bond donors (Lipinski definition) is 2. The highest BCUT2D eigenvalue weighted by molar-refractivity contribution is 5.80. The number of aliphatic carboxylic acids is 1. The van der Waals surface area contributed by atoms with Crippen LogP contribution in [0.4, 0.5) is 18.0 Å². The number of alkyl halides is 3. The largest absolute Gasteiger partial charge is 0.480 e. The summed E-state index contributed by atoms with van der Waals surface area (Å²) in [5.41, 5.74) is 0. The van der Waals surface area contributed by atoms with Crippen LogP contribution in [-0.4, -0.2) is 72.4 Å². The normalized spacial score (nSPS) is 16.5. The Morgan fingerprint density at radius 2 is 1.81 bits per heavy atom. The Hall–Kier alpha value is -1.51. The van der Waals surface area contributed by atoms with Crippen LogP contribution in [0, 0.1) is 0 Å². The molecule has 0 aromatic carbocycles. The zero-order chi connectivity index (χ0) is 15.9. The minimum absolute atomic E-state index is 0.201. The molecule has 1 fully saturated rings. The molecule has 21 heavy (non-hydrogen) atoms. The number of carbonyl (C=O) groups excluding carboxylic acids is 1. The van der Waals surface area contributed by atoms with Gasteiger partial charge < -0.3 is 20.2 Å². The number of carbonyl (C=O) groups is 2. The fourth-order valence-electron chi connectivity index (χ4n) is 2.19. The quantitative estimate of drug-likeness (QED) is 0.771. The molecule has 2 amide bonds. The van der Waals surface area contributed by atoms with E-state index in [1.807, 2.05) is 0 Å². The molecule has 0 aromatic rings. The second-order valence-electron chi connectivity index (χ2n) is 5.00. The third-order valence-corrected chi connectivity index (χ3v) is 3.14. The zero-order valence-corrected chi connectivity index (χ0v) is 11.7. The maximum absolute atomic E-state index is 12.3. The first kappa shape index (κ1) is 17.5. The van der Waals surface area contributed by atoms with Gasteiger partial charge in [-0.05, 0) is 25.9 Å². The van der Waals surface area contributed by atoms with E-state index in [0.29, 0.717) is 6.54 Å². The van der Waals surface area contributed by atoms with Crippen LogP contribution in [0.5, 0.6) is 0 Å². The van der Waals surface area contributed by atoms with Crippen molar-refractivity contribution in [2.75, 3.05) is 39.3 Å². The number of rotatable bonds is 6. The predicted octanol–water partition coefficient (Wildman–Crippen LogP) is 1.13. The molecule has 1 aliphatic rings. The number of halogens is 3. The lowest BCUT2D eigenvalue weighted by Crippen LogP contribution is -2.48. The van der Waals surface area contributed by atoms with Crippen LogP contribution >= 0.6 is 0 Å². The van der Waals surface area contributed by atoms with Crippen molar-refractivity contribution in [3.8, 4) is 0 Å². The van der Waals surface area contributed by atoms with E-state index in [2.05, 4.69) is 10.2 Å². The van der Waals surface area contributed by atoms with Gasteiger partial charge in [-0.15, -0.1) is 0 Å². The number of nitrogens with one attached hydrogen (secondary N) is 1. The number of piperidine rings is 1. The van der Waals surface area contributed by atoms with E-state index in [1.54, 1.807) is 0 Å². The fraction of sp³-hybridized carbons (Fsp3) is 0.833. The van der Waals surface area contributed by atoms with E-state index in [0.717, 1.165) is 25.9 Å². The van der Waals surface area contributed by atoms with Crippen LogP contribution in [-0.2, 0) is 4.79 Å². The third-order valence-electron chi connectivity index (χ3n) is 3.14. The molecule has 1 saturated heterocycles. The van der Waals surface area contributed by atoms with Gasteiger partial charge in [0.2, 0.25) is 0 Å². The predicted molar refractivity (Wildman–Crippen MR) is 69.0 cm³/mol. The summed E-state index contributed by atoms with van der Waals surface area (Å²) in [4.78, 5) is 24.5. The molecular formula is C12H20F3N3O3. The lowest BCUT2D eigenvalue weighted by atomic mass is 10.1. The molecule has 0 bridgehead atoms. The summed E-state index contributed by atoms with van der Waals surface area (Å²) in [5.74, 6) is -1.48. The maximum atomic E-state index is 12.3. The Balaban J connectivity index is 2.38. The van der Waals surface area contributed by atoms with Crippen molar-refractivity contribution in [2.45, 2.75) is 25.4 Å². The molecule has 6 nitrogen and oxygen atoms in total. The van der Waals surface area contributed by atoms with Gasteiger partial charge in [-0.25, -0.2) is 4.79 Å². The summed E-state index contributed by atoms with van der Waals surface area (Å²) in [5, 5.41) is 10.9. The molecule has 1 heterocycles. The Labute approximate surface area is 120 Å². The molecule has 0 aromatic heterocycles. The molecule has 0 spiro atoms. The van der Waals surface area contributed by atoms with E-state index in [-0.39, 0.29) is 11.4 Å². The Kier molecular flexibility index (Phi) is 6.73. The first-order valence-corrected chi connectivity index (χ1v) is 6.81. The van der Waals surface area contributed by atoms with Crippen molar-refractivity contribution in [2.24, 2.45) is 0 Å². The van der Waals surface area contributed by atoms with Gasteiger partial charge in [0.15, 0.2) is 0 Å². The highest BCUT2D eigenvalue weighted by Gasteiger charge is 2.33. The van der Waals surface area contributed by atoms with E-state index >= 15 is 0 Å². The minimum atomic E-state index is -4.63. The standard InChI is InChI=1S/C12H20F3N3O3/c13-12(14,15)9-18(8-10(19)20)11(21)16-4-7-17-5-2-1-3-6-17/h1-9H2,(H,16,21)(H,19,20). The zero-order valence-electron chi connectivity index (χ0n) is 11.7. The molecule has 0 aliphatic carbocycles. The average Bonchev–Trinajstić information content (AvgIpc) is 2.37. The highest BCUT2D eigenvalue weighted by Crippen LogP contribution is 2.16. The summed E-state index contributed by atoms with van der Waals surface area (Å²) in [6, 6.07) is -1.01. The van der Waals surface area contributed by atoms with Crippen molar-refractivity contribution in [1.82, 2.24) is 15.1 Å². The minimum Gasteiger partial charge on any atom is -0.480 e. The van der Waals surface area contributed by atoms with Gasteiger partial charge in [0.05, 0.1) is 0 Å². The summed E-state index contributed by atoms with van der Waals surface area (Å²) < 4.78 is 36.9. The molecule has 1 rings (SSSR count). The van der Waals surface area contributed by atoms with Crippen LogP contribution in [0.2, 0.25) is 0 Å². The van der Waals surface area contributed by atoms with Crippen LogP contribution in [0.3, 0.4) is 0 Å². The molecule has 2 N–H and O–H groups in total. The van der Waals surface area contributed by atoms with Crippen molar-refractivity contribution in [1.29, 1.82) is 0 Å². The SMILES string of the molecule is O=C(O)CN(CC(F)(F)F)C(=O)NCCN1CCCCC1. The number of urea groups is 1. The highest BCUT2D eigenvalue weighted by atomic mass is 19.4. The second-order valence-corrected chi connectivity index (χ2v) is 5.00. The molecular weight excluding hydrogens is 291 g/mol. The Bertz CT molecular complexity index is 357. The molecule has 9 heteroatoms. The van der Waals surface area contributed by atoms with E-state index in [9.17, 15) is 22.8 Å². The van der Waals surface area contributed by atoms with Crippen molar-refractivity contribution in [3.63, 3.8) is 0 Å². The van der Waals surface area contributed by atoms with Gasteiger partial charge >= 0.3 is 18.2 Å². The van der Waals surface area contributed by atoms with Gasteiger partial charge in [-0.3, -0.25) is 4.79 Å². The van der Waals surface area contributed by atoms with Gasteiger partial charge in [0, 0.05) is 13.1 Å². The number of likely N-dealkylation sites (tertiary alicyclic amines) is 1. The summed E-state index contributed by atoms with van der Waals surface area (Å²) in [7, 11) is 0. The summed E-state index contributed by atoms with van der Waals surface area (Å²) in [6.45, 7) is 0.0317. The Morgan fingerprint density at radius 3 is 2.33 bits per heavy atom. The number of amides is 2. The molecule has 0 atom stereocenters. The third kappa shape index (κ3) is 7.74.